The second-order valence-corrected chi connectivity index (χ2v) is 4.69. The molecule has 4 nitrogen and oxygen atoms in total. The molecule has 100 valence electrons. The first-order valence-electron chi connectivity index (χ1n) is 6.57. The number of aromatic nitrogens is 1. The molecular weight excluding hydrogens is 238 g/mol. The second-order valence-electron chi connectivity index (χ2n) is 4.69. The van der Waals surface area contributed by atoms with Gasteiger partial charge in [0, 0.05) is 17.6 Å². The fourth-order valence-electron chi connectivity index (χ4n) is 2.09. The summed E-state index contributed by atoms with van der Waals surface area (Å²) in [5, 5.41) is 3.97. The third-order valence-corrected chi connectivity index (χ3v) is 3.10. The molecule has 0 aliphatic heterocycles. The van der Waals surface area contributed by atoms with Gasteiger partial charge in [0.2, 0.25) is 0 Å². The molecule has 1 unspecified atom stereocenters. The largest absolute Gasteiger partial charge is 0.350 e. The van der Waals surface area contributed by atoms with Crippen molar-refractivity contribution in [2.45, 2.75) is 25.8 Å². The molecule has 4 heteroatoms. The van der Waals surface area contributed by atoms with Crippen LogP contribution in [0.25, 0.3) is 10.9 Å². The molecule has 0 aliphatic carbocycles. The van der Waals surface area contributed by atoms with Crippen LogP contribution in [-0.4, -0.2) is 23.5 Å². The summed E-state index contributed by atoms with van der Waals surface area (Å²) in [6.45, 7) is 2.64. The Balaban J connectivity index is 2.17. The third kappa shape index (κ3) is 3.29. The summed E-state index contributed by atoms with van der Waals surface area (Å²) in [7, 11) is 0. The number of carbonyl (C=O) groups is 1. The van der Waals surface area contributed by atoms with Crippen molar-refractivity contribution in [2.75, 3.05) is 6.54 Å². The number of carbonyl (C=O) groups excluding carboxylic acids is 1. The van der Waals surface area contributed by atoms with Crippen molar-refractivity contribution in [3.8, 4) is 0 Å². The Morgan fingerprint density at radius 3 is 2.95 bits per heavy atom. The van der Waals surface area contributed by atoms with Crippen LogP contribution < -0.4 is 11.1 Å². The summed E-state index contributed by atoms with van der Waals surface area (Å²) in [6, 6.07) is 9.58. The molecule has 0 aliphatic rings. The molecule has 3 N–H and O–H groups in total. The average molecular weight is 257 g/mol. The van der Waals surface area contributed by atoms with Crippen LogP contribution in [0, 0.1) is 0 Å². The average Bonchev–Trinajstić information content (AvgIpc) is 2.44. The lowest BCUT2D eigenvalue weighted by Gasteiger charge is -2.14. The number of amides is 1. The number of nitrogens with one attached hydrogen (secondary N) is 1. The van der Waals surface area contributed by atoms with Crippen LogP contribution >= 0.6 is 0 Å². The normalized spacial score (nSPS) is 12.3. The predicted molar refractivity (Wildman–Crippen MR) is 77.0 cm³/mol. The van der Waals surface area contributed by atoms with E-state index in [-0.39, 0.29) is 11.9 Å². The standard InChI is InChI=1S/C15H19N3O/c1-11(5-3-9-16)18-15(19)13-8-2-6-12-7-4-10-17-14(12)13/h2,4,6-8,10-11H,3,5,9,16H2,1H3,(H,18,19). The second kappa shape index (κ2) is 6.29. The minimum atomic E-state index is -0.0752. The first-order valence-corrected chi connectivity index (χ1v) is 6.57. The quantitative estimate of drug-likeness (QED) is 0.861. The molecule has 1 atom stereocenters. The van der Waals surface area contributed by atoms with E-state index >= 15 is 0 Å². The molecule has 1 aromatic carbocycles. The maximum atomic E-state index is 12.2. The molecule has 0 spiro atoms. The first kappa shape index (κ1) is 13.5. The molecule has 1 aromatic heterocycles. The third-order valence-electron chi connectivity index (χ3n) is 3.10. The highest BCUT2D eigenvalue weighted by atomic mass is 16.1. The lowest BCUT2D eigenvalue weighted by atomic mass is 10.1. The Kier molecular flexibility index (Phi) is 4.47. The molecule has 0 radical (unpaired) electrons. The van der Waals surface area contributed by atoms with E-state index in [1.54, 1.807) is 12.3 Å². The highest BCUT2D eigenvalue weighted by Crippen LogP contribution is 2.16. The van der Waals surface area contributed by atoms with E-state index in [4.69, 9.17) is 5.73 Å². The summed E-state index contributed by atoms with van der Waals surface area (Å²) in [6.07, 6.45) is 3.51. The van der Waals surface area contributed by atoms with Gasteiger partial charge < -0.3 is 11.1 Å². The van der Waals surface area contributed by atoms with Gasteiger partial charge in [-0.3, -0.25) is 9.78 Å². The molecular formula is C15H19N3O. The van der Waals surface area contributed by atoms with E-state index < -0.39 is 0 Å². The Morgan fingerprint density at radius 2 is 2.16 bits per heavy atom. The zero-order valence-electron chi connectivity index (χ0n) is 11.1. The topological polar surface area (TPSA) is 68.0 Å². The van der Waals surface area contributed by atoms with Crippen LogP contribution in [0.15, 0.2) is 36.5 Å². The molecule has 0 saturated carbocycles. The maximum absolute atomic E-state index is 12.2. The van der Waals surface area contributed by atoms with E-state index in [1.807, 2.05) is 31.2 Å². The van der Waals surface area contributed by atoms with Gasteiger partial charge in [0.15, 0.2) is 0 Å². The summed E-state index contributed by atoms with van der Waals surface area (Å²) >= 11 is 0. The number of hydrogen-bond acceptors (Lipinski definition) is 3. The zero-order valence-corrected chi connectivity index (χ0v) is 11.1. The molecule has 0 fully saturated rings. The van der Waals surface area contributed by atoms with Gasteiger partial charge in [-0.25, -0.2) is 0 Å². The van der Waals surface area contributed by atoms with Crippen molar-refractivity contribution >= 4 is 16.8 Å². The van der Waals surface area contributed by atoms with Crippen molar-refractivity contribution in [1.82, 2.24) is 10.3 Å². The minimum Gasteiger partial charge on any atom is -0.350 e. The summed E-state index contributed by atoms with van der Waals surface area (Å²) < 4.78 is 0. The van der Waals surface area contributed by atoms with Crippen LogP contribution in [0.1, 0.15) is 30.1 Å². The van der Waals surface area contributed by atoms with E-state index in [1.165, 1.54) is 0 Å². The number of nitrogens with zero attached hydrogens (tertiary/aromatic N) is 1. The number of hydrogen-bond donors (Lipinski definition) is 2. The summed E-state index contributed by atoms with van der Waals surface area (Å²) in [4.78, 5) is 16.5. The number of pyridine rings is 1. The number of benzene rings is 1. The van der Waals surface area contributed by atoms with Crippen molar-refractivity contribution in [3.05, 3.63) is 42.1 Å². The SMILES string of the molecule is CC(CCCN)NC(=O)c1cccc2cccnc12. The fourth-order valence-corrected chi connectivity index (χ4v) is 2.09. The predicted octanol–water partition coefficient (Wildman–Crippen LogP) is 2.09. The maximum Gasteiger partial charge on any atom is 0.253 e. The van der Waals surface area contributed by atoms with Gasteiger partial charge in [-0.15, -0.1) is 0 Å². The lowest BCUT2D eigenvalue weighted by molar-refractivity contribution is 0.0939. The first-order chi connectivity index (χ1) is 9.22. The fraction of sp³-hybridized carbons (Fsp3) is 0.333. The van der Waals surface area contributed by atoms with Gasteiger partial charge in [-0.2, -0.15) is 0 Å². The van der Waals surface area contributed by atoms with Crippen molar-refractivity contribution in [3.63, 3.8) is 0 Å². The number of para-hydroxylation sites is 1. The summed E-state index contributed by atoms with van der Waals surface area (Å²) in [5.74, 6) is -0.0752. The van der Waals surface area contributed by atoms with Crippen LogP contribution in [0.5, 0.6) is 0 Å². The van der Waals surface area contributed by atoms with Crippen LogP contribution in [0.3, 0.4) is 0 Å². The lowest BCUT2D eigenvalue weighted by Crippen LogP contribution is -2.33. The van der Waals surface area contributed by atoms with Gasteiger partial charge in [-0.1, -0.05) is 18.2 Å². The number of fused-ring (bicyclic) bond motifs is 1. The Hall–Kier alpha value is -1.94. The van der Waals surface area contributed by atoms with Crippen molar-refractivity contribution < 1.29 is 4.79 Å². The van der Waals surface area contributed by atoms with Gasteiger partial charge in [-0.05, 0) is 38.4 Å². The van der Waals surface area contributed by atoms with Crippen LogP contribution in [-0.2, 0) is 0 Å². The van der Waals surface area contributed by atoms with E-state index in [0.29, 0.717) is 12.1 Å². The highest BCUT2D eigenvalue weighted by molar-refractivity contribution is 6.05. The van der Waals surface area contributed by atoms with Gasteiger partial charge >= 0.3 is 0 Å². The smallest absolute Gasteiger partial charge is 0.253 e. The molecule has 1 amide bonds. The van der Waals surface area contributed by atoms with E-state index in [2.05, 4.69) is 10.3 Å². The monoisotopic (exact) mass is 257 g/mol. The van der Waals surface area contributed by atoms with Crippen molar-refractivity contribution in [2.24, 2.45) is 5.73 Å². The molecule has 2 aromatic rings. The Labute approximate surface area is 113 Å². The molecule has 0 bridgehead atoms. The van der Waals surface area contributed by atoms with Gasteiger partial charge in [0.1, 0.15) is 0 Å². The minimum absolute atomic E-state index is 0.0752. The highest BCUT2D eigenvalue weighted by Gasteiger charge is 2.12. The van der Waals surface area contributed by atoms with Crippen molar-refractivity contribution in [1.29, 1.82) is 0 Å². The molecule has 2 rings (SSSR count). The van der Waals surface area contributed by atoms with Gasteiger partial charge in [0.25, 0.3) is 5.91 Å². The van der Waals surface area contributed by atoms with Crippen LogP contribution in [0.4, 0.5) is 0 Å². The number of nitrogens with two attached hydrogens (primary N) is 1. The Morgan fingerprint density at radius 1 is 1.37 bits per heavy atom. The Bertz CT molecular complexity index is 563. The number of rotatable bonds is 5. The summed E-state index contributed by atoms with van der Waals surface area (Å²) in [5.41, 5.74) is 6.84. The van der Waals surface area contributed by atoms with E-state index in [0.717, 1.165) is 23.7 Å². The zero-order chi connectivity index (χ0) is 13.7. The van der Waals surface area contributed by atoms with E-state index in [9.17, 15) is 4.79 Å². The van der Waals surface area contributed by atoms with Crippen LogP contribution in [0.2, 0.25) is 0 Å². The molecule has 1 heterocycles. The molecule has 19 heavy (non-hydrogen) atoms. The van der Waals surface area contributed by atoms with Gasteiger partial charge in [0.05, 0.1) is 11.1 Å². The molecule has 0 saturated heterocycles.